The number of carbonyl (C=O) groups excluding carboxylic acids is 1. The molecule has 2 aromatic heterocycles. The highest BCUT2D eigenvalue weighted by Crippen LogP contribution is 2.46. The van der Waals surface area contributed by atoms with Crippen LogP contribution in [-0.4, -0.2) is 21.9 Å². The number of hydrogen-bond acceptors (Lipinski definition) is 4. The Morgan fingerprint density at radius 1 is 1.58 bits per heavy atom. The van der Waals surface area contributed by atoms with Crippen molar-refractivity contribution in [3.05, 3.63) is 22.2 Å². The number of nitrogens with zero attached hydrogens (tertiary/aromatic N) is 1. The zero-order chi connectivity index (χ0) is 13.4. The monoisotopic (exact) mass is 293 g/mol. The molecule has 0 bridgehead atoms. The quantitative estimate of drug-likeness (QED) is 0.851. The lowest BCUT2D eigenvalue weighted by Crippen LogP contribution is -2.13. The van der Waals surface area contributed by atoms with Crippen LogP contribution in [0.5, 0.6) is 0 Å². The summed E-state index contributed by atoms with van der Waals surface area (Å²) >= 11 is 3.33. The van der Waals surface area contributed by atoms with E-state index in [1.54, 1.807) is 11.8 Å². The maximum atomic E-state index is 11.6. The van der Waals surface area contributed by atoms with E-state index >= 15 is 0 Å². The number of nitrogens with one attached hydrogen (secondary N) is 1. The number of hydrogen-bond donors (Lipinski definition) is 2. The van der Waals surface area contributed by atoms with E-state index < -0.39 is 0 Å². The van der Waals surface area contributed by atoms with Crippen molar-refractivity contribution >= 4 is 29.0 Å². The molecule has 4 nitrogen and oxygen atoms in total. The van der Waals surface area contributed by atoms with E-state index in [0.717, 1.165) is 41.8 Å². The third kappa shape index (κ3) is 2.08. The standard InChI is InChI=1S/C13H15N3OS2/c1-2-5-18-13-9-8(11(19-13)12(14)17)4-3-7-6-15-16-10(7)9/h6H,2-5H2,1H3,(H2,14,17)(H,15,16). The van der Waals surface area contributed by atoms with Gasteiger partial charge in [-0.25, -0.2) is 0 Å². The molecule has 0 unspecified atom stereocenters. The molecule has 0 saturated carbocycles. The molecule has 100 valence electrons. The third-order valence-corrected chi connectivity index (χ3v) is 5.97. The highest BCUT2D eigenvalue weighted by atomic mass is 32.2. The van der Waals surface area contributed by atoms with E-state index in [0.29, 0.717) is 4.88 Å². The van der Waals surface area contributed by atoms with Crippen molar-refractivity contribution < 1.29 is 4.79 Å². The Bertz CT molecular complexity index is 630. The second-order valence-corrected chi connectivity index (χ2v) is 6.94. The number of aromatic amines is 1. The van der Waals surface area contributed by atoms with Crippen LogP contribution in [0.2, 0.25) is 0 Å². The number of fused-ring (bicyclic) bond motifs is 3. The van der Waals surface area contributed by atoms with Crippen molar-refractivity contribution in [2.24, 2.45) is 5.73 Å². The lowest BCUT2D eigenvalue weighted by molar-refractivity contribution is 0.100. The second-order valence-electron chi connectivity index (χ2n) is 4.56. The molecule has 1 aliphatic carbocycles. The van der Waals surface area contributed by atoms with Crippen molar-refractivity contribution in [2.75, 3.05) is 5.75 Å². The van der Waals surface area contributed by atoms with E-state index in [9.17, 15) is 4.79 Å². The minimum absolute atomic E-state index is 0.312. The molecule has 0 fully saturated rings. The van der Waals surface area contributed by atoms with Gasteiger partial charge in [-0.15, -0.1) is 23.1 Å². The van der Waals surface area contributed by atoms with Crippen molar-refractivity contribution in [2.45, 2.75) is 30.4 Å². The summed E-state index contributed by atoms with van der Waals surface area (Å²) in [5.74, 6) is 0.738. The predicted molar refractivity (Wildman–Crippen MR) is 78.8 cm³/mol. The Labute approximate surface area is 119 Å². The number of carbonyl (C=O) groups is 1. The summed E-state index contributed by atoms with van der Waals surface area (Å²) in [4.78, 5) is 12.3. The van der Waals surface area contributed by atoms with Crippen LogP contribution in [0.25, 0.3) is 11.3 Å². The molecule has 3 rings (SSSR count). The molecule has 1 aliphatic rings. The van der Waals surface area contributed by atoms with Crippen LogP contribution >= 0.6 is 23.1 Å². The SMILES string of the molecule is CCCSc1sc(C(N)=O)c2c1-c1[nH]ncc1CC2. The summed E-state index contributed by atoms with van der Waals surface area (Å²) < 4.78 is 1.19. The van der Waals surface area contributed by atoms with Gasteiger partial charge >= 0.3 is 0 Å². The zero-order valence-electron chi connectivity index (χ0n) is 10.7. The molecule has 3 N–H and O–H groups in total. The minimum atomic E-state index is -0.312. The number of aromatic nitrogens is 2. The maximum absolute atomic E-state index is 11.6. The van der Waals surface area contributed by atoms with Crippen LogP contribution in [0, 0.1) is 0 Å². The molecule has 0 spiro atoms. The number of nitrogens with two attached hydrogens (primary N) is 1. The van der Waals surface area contributed by atoms with Gasteiger partial charge in [-0.2, -0.15) is 5.10 Å². The largest absolute Gasteiger partial charge is 0.365 e. The molecule has 1 amide bonds. The Kier molecular flexibility index (Phi) is 3.36. The van der Waals surface area contributed by atoms with Crippen LogP contribution in [0.15, 0.2) is 10.4 Å². The lowest BCUT2D eigenvalue weighted by atomic mass is 9.92. The predicted octanol–water partition coefficient (Wildman–Crippen LogP) is 2.84. The van der Waals surface area contributed by atoms with Gasteiger partial charge in [0.15, 0.2) is 0 Å². The smallest absolute Gasteiger partial charge is 0.259 e. The number of amides is 1. The fraction of sp³-hybridized carbons (Fsp3) is 0.385. The van der Waals surface area contributed by atoms with Crippen molar-refractivity contribution in [1.29, 1.82) is 0 Å². The molecule has 0 radical (unpaired) electrons. The first kappa shape index (κ1) is 12.7. The number of primary amides is 1. The van der Waals surface area contributed by atoms with E-state index in [-0.39, 0.29) is 5.91 Å². The number of thioether (sulfide) groups is 1. The van der Waals surface area contributed by atoms with Crippen LogP contribution in [0.1, 0.15) is 34.1 Å². The maximum Gasteiger partial charge on any atom is 0.259 e. The molecule has 6 heteroatoms. The molecule has 19 heavy (non-hydrogen) atoms. The first-order chi connectivity index (χ1) is 9.22. The summed E-state index contributed by atoms with van der Waals surface area (Å²) in [6.07, 6.45) is 4.80. The minimum Gasteiger partial charge on any atom is -0.365 e. The van der Waals surface area contributed by atoms with Gasteiger partial charge in [0.25, 0.3) is 5.91 Å². The number of thiophene rings is 1. The van der Waals surface area contributed by atoms with Crippen LogP contribution in [-0.2, 0) is 12.8 Å². The first-order valence-corrected chi connectivity index (χ1v) is 8.13. The summed E-state index contributed by atoms with van der Waals surface area (Å²) in [6, 6.07) is 0. The van der Waals surface area contributed by atoms with Crippen molar-refractivity contribution in [1.82, 2.24) is 10.2 Å². The second kappa shape index (κ2) is 5.02. The van der Waals surface area contributed by atoms with Crippen molar-refractivity contribution in [3.63, 3.8) is 0 Å². The number of aryl methyl sites for hydroxylation is 1. The molecular weight excluding hydrogens is 278 g/mol. The number of rotatable bonds is 4. The van der Waals surface area contributed by atoms with Gasteiger partial charge in [0.2, 0.25) is 0 Å². The Hall–Kier alpha value is -1.27. The normalized spacial score (nSPS) is 13.1. The number of H-pyrrole nitrogens is 1. The summed E-state index contributed by atoms with van der Waals surface area (Å²) in [5.41, 5.74) is 10.1. The Balaban J connectivity index is 2.15. The average molecular weight is 293 g/mol. The van der Waals surface area contributed by atoms with E-state index in [4.69, 9.17) is 5.73 Å². The average Bonchev–Trinajstić information content (AvgIpc) is 2.99. The van der Waals surface area contributed by atoms with E-state index in [2.05, 4.69) is 17.1 Å². The summed E-state index contributed by atoms with van der Waals surface area (Å²) in [6.45, 7) is 2.16. The molecule has 0 saturated heterocycles. The summed E-state index contributed by atoms with van der Waals surface area (Å²) in [5, 5.41) is 7.21. The Morgan fingerprint density at radius 2 is 2.42 bits per heavy atom. The van der Waals surface area contributed by atoms with Crippen LogP contribution in [0.4, 0.5) is 0 Å². The third-order valence-electron chi connectivity index (χ3n) is 3.25. The molecule has 2 aromatic rings. The van der Waals surface area contributed by atoms with Crippen LogP contribution in [0.3, 0.4) is 0 Å². The van der Waals surface area contributed by atoms with Gasteiger partial charge in [0, 0.05) is 5.56 Å². The summed E-state index contributed by atoms with van der Waals surface area (Å²) in [7, 11) is 0. The van der Waals surface area contributed by atoms with E-state index in [1.165, 1.54) is 21.1 Å². The van der Waals surface area contributed by atoms with Gasteiger partial charge in [-0.3, -0.25) is 9.89 Å². The first-order valence-electron chi connectivity index (χ1n) is 6.33. The molecule has 0 atom stereocenters. The zero-order valence-corrected chi connectivity index (χ0v) is 12.3. The topological polar surface area (TPSA) is 71.8 Å². The highest BCUT2D eigenvalue weighted by Gasteiger charge is 2.28. The fourth-order valence-corrected chi connectivity index (χ4v) is 4.84. The van der Waals surface area contributed by atoms with Gasteiger partial charge in [-0.1, -0.05) is 6.92 Å². The Morgan fingerprint density at radius 3 is 3.16 bits per heavy atom. The van der Waals surface area contributed by atoms with E-state index in [1.807, 2.05) is 6.20 Å². The molecule has 0 aliphatic heterocycles. The van der Waals surface area contributed by atoms with Gasteiger partial charge in [0.05, 0.1) is 21.0 Å². The van der Waals surface area contributed by atoms with Gasteiger partial charge in [0.1, 0.15) is 0 Å². The van der Waals surface area contributed by atoms with Gasteiger partial charge in [-0.05, 0) is 36.1 Å². The lowest BCUT2D eigenvalue weighted by Gasteiger charge is -2.13. The molecule has 2 heterocycles. The van der Waals surface area contributed by atoms with Crippen molar-refractivity contribution in [3.8, 4) is 11.3 Å². The van der Waals surface area contributed by atoms with Gasteiger partial charge < -0.3 is 5.73 Å². The highest BCUT2D eigenvalue weighted by molar-refractivity contribution is 8.01. The molecular formula is C13H15N3OS2. The fourth-order valence-electron chi connectivity index (χ4n) is 2.41. The van der Waals surface area contributed by atoms with Crippen LogP contribution < -0.4 is 5.73 Å². The molecule has 0 aromatic carbocycles.